The summed E-state index contributed by atoms with van der Waals surface area (Å²) in [5, 5.41) is -0.700. The van der Waals surface area contributed by atoms with Gasteiger partial charge in [0, 0.05) is 5.41 Å². The molecule has 0 radical (unpaired) electrons. The fourth-order valence-electron chi connectivity index (χ4n) is 1.09. The quantitative estimate of drug-likeness (QED) is 0.505. The van der Waals surface area contributed by atoms with Crippen LogP contribution in [0, 0.1) is 5.41 Å². The molecule has 1 saturated carbocycles. The highest BCUT2D eigenvalue weighted by Crippen LogP contribution is 2.75. The van der Waals surface area contributed by atoms with E-state index in [0.717, 1.165) is 0 Å². The van der Waals surface area contributed by atoms with Crippen LogP contribution in [0.2, 0.25) is 0 Å². The van der Waals surface area contributed by atoms with E-state index in [-0.39, 0.29) is 0 Å². The van der Waals surface area contributed by atoms with Crippen molar-refractivity contribution >= 4 is 51.6 Å². The molecular weight excluding hydrogens is 230 g/mol. The van der Waals surface area contributed by atoms with Gasteiger partial charge in [0.2, 0.25) is 5.24 Å². The third-order valence-corrected chi connectivity index (χ3v) is 5.30. The molecule has 0 amide bonds. The van der Waals surface area contributed by atoms with Crippen LogP contribution < -0.4 is 0 Å². The monoisotopic (exact) mass is 234 g/mol. The van der Waals surface area contributed by atoms with Crippen LogP contribution in [0.15, 0.2) is 0 Å². The Morgan fingerprint density at radius 1 is 1.18 bits per heavy atom. The number of carbonyl (C=O) groups excluding carboxylic acids is 1. The van der Waals surface area contributed by atoms with Crippen molar-refractivity contribution in [2.75, 3.05) is 0 Å². The van der Waals surface area contributed by atoms with E-state index in [9.17, 15) is 4.79 Å². The molecule has 0 aromatic heterocycles. The first-order valence-electron chi connectivity index (χ1n) is 2.96. The zero-order valence-corrected chi connectivity index (χ0v) is 8.94. The van der Waals surface area contributed by atoms with Gasteiger partial charge in [-0.05, 0) is 11.6 Å². The van der Waals surface area contributed by atoms with E-state index < -0.39 is 19.9 Å². The molecule has 0 spiro atoms. The third kappa shape index (κ3) is 0.833. The van der Waals surface area contributed by atoms with Crippen LogP contribution >= 0.6 is 46.4 Å². The maximum Gasteiger partial charge on any atom is 0.246 e. The first-order valence-corrected chi connectivity index (χ1v) is 4.47. The van der Waals surface area contributed by atoms with E-state index in [4.69, 9.17) is 46.4 Å². The Morgan fingerprint density at radius 2 is 1.45 bits per heavy atom. The molecule has 1 rings (SSSR count). The normalized spacial score (nSPS) is 38.4. The minimum absolute atomic E-state index is 0.663. The van der Waals surface area contributed by atoms with E-state index >= 15 is 0 Å². The third-order valence-electron chi connectivity index (χ3n) is 2.29. The molecule has 0 aromatic carbocycles. The molecule has 64 valence electrons. The van der Waals surface area contributed by atoms with E-state index in [2.05, 4.69) is 0 Å². The highest BCUT2D eigenvalue weighted by atomic mass is 35.5. The van der Waals surface area contributed by atoms with Crippen molar-refractivity contribution < 1.29 is 4.79 Å². The summed E-state index contributed by atoms with van der Waals surface area (Å²) < 4.78 is -1.25. The first kappa shape index (κ1) is 9.91. The molecule has 1 fully saturated rings. The molecule has 1 nitrogen and oxygen atoms in total. The van der Waals surface area contributed by atoms with Gasteiger partial charge in [0.15, 0.2) is 9.21 Å². The predicted octanol–water partition coefficient (Wildman–Crippen LogP) is 2.94. The summed E-state index contributed by atoms with van der Waals surface area (Å²) in [6, 6.07) is 0. The van der Waals surface area contributed by atoms with Crippen molar-refractivity contribution in [1.82, 2.24) is 0 Å². The highest BCUT2D eigenvalue weighted by molar-refractivity contribution is 6.77. The Bertz CT molecular complexity index is 207. The molecule has 1 unspecified atom stereocenters. The lowest BCUT2D eigenvalue weighted by Crippen LogP contribution is -2.18. The molecule has 0 bridgehead atoms. The average molecular weight is 236 g/mol. The molecule has 0 N–H and O–H groups in total. The second-order valence-corrected chi connectivity index (χ2v) is 5.37. The Morgan fingerprint density at radius 3 is 1.45 bits per heavy atom. The maximum absolute atomic E-state index is 10.8. The number of hydrogen-bond donors (Lipinski definition) is 0. The molecular formula is C6H6Cl4O. The predicted molar refractivity (Wildman–Crippen MR) is 47.7 cm³/mol. The fourth-order valence-corrected chi connectivity index (χ4v) is 2.82. The maximum atomic E-state index is 10.8. The largest absolute Gasteiger partial charge is 0.279 e. The lowest BCUT2D eigenvalue weighted by atomic mass is 10.1. The molecule has 1 atom stereocenters. The second kappa shape index (κ2) is 2.20. The number of hydrogen-bond acceptors (Lipinski definition) is 1. The molecule has 5 heteroatoms. The van der Waals surface area contributed by atoms with Crippen LogP contribution in [0.25, 0.3) is 0 Å². The Hall–Kier alpha value is 0.830. The molecule has 11 heavy (non-hydrogen) atoms. The zero-order chi connectivity index (χ0) is 9.08. The summed E-state index contributed by atoms with van der Waals surface area (Å²) in [5.74, 6) is 0. The molecule has 0 heterocycles. The molecule has 1 aliphatic carbocycles. The van der Waals surface area contributed by atoms with Gasteiger partial charge in [0.05, 0.1) is 0 Å². The summed E-state index contributed by atoms with van der Waals surface area (Å²) in [7, 11) is 0. The first-order chi connectivity index (χ1) is 4.69. The van der Waals surface area contributed by atoms with Gasteiger partial charge in [0.1, 0.15) is 0 Å². The van der Waals surface area contributed by atoms with Crippen molar-refractivity contribution in [3.8, 4) is 0 Å². The van der Waals surface area contributed by atoms with Crippen LogP contribution in [0.1, 0.15) is 13.8 Å². The van der Waals surface area contributed by atoms with Crippen molar-refractivity contribution in [2.45, 2.75) is 23.1 Å². The molecule has 0 aromatic rings. The van der Waals surface area contributed by atoms with E-state index in [1.54, 1.807) is 13.8 Å². The van der Waals surface area contributed by atoms with Gasteiger partial charge < -0.3 is 0 Å². The minimum atomic E-state index is -1.33. The minimum Gasteiger partial charge on any atom is -0.279 e. The smallest absolute Gasteiger partial charge is 0.246 e. The Balaban J connectivity index is 3.06. The van der Waals surface area contributed by atoms with Gasteiger partial charge in [0.25, 0.3) is 0 Å². The Kier molecular flexibility index (Phi) is 1.98. The van der Waals surface area contributed by atoms with Crippen LogP contribution in [0.4, 0.5) is 0 Å². The van der Waals surface area contributed by atoms with Crippen LogP contribution in [0.5, 0.6) is 0 Å². The lowest BCUT2D eigenvalue weighted by Gasteiger charge is -2.02. The van der Waals surface area contributed by atoms with Gasteiger partial charge in [-0.1, -0.05) is 37.0 Å². The summed E-state index contributed by atoms with van der Waals surface area (Å²) in [4.78, 5) is 9.49. The van der Waals surface area contributed by atoms with Crippen LogP contribution in [-0.2, 0) is 4.79 Å². The summed E-state index contributed by atoms with van der Waals surface area (Å²) in [6.45, 7) is 3.39. The van der Waals surface area contributed by atoms with Gasteiger partial charge in [-0.2, -0.15) is 0 Å². The van der Waals surface area contributed by atoms with Crippen LogP contribution in [-0.4, -0.2) is 14.4 Å². The fraction of sp³-hybridized carbons (Fsp3) is 0.833. The average Bonchev–Trinajstić information content (AvgIpc) is 2.11. The summed E-state index contributed by atoms with van der Waals surface area (Å²) in [6.07, 6.45) is 0. The van der Waals surface area contributed by atoms with Crippen molar-refractivity contribution in [3.63, 3.8) is 0 Å². The molecule has 0 saturated heterocycles. The van der Waals surface area contributed by atoms with Gasteiger partial charge in [-0.25, -0.2) is 0 Å². The van der Waals surface area contributed by atoms with Crippen LogP contribution in [0.3, 0.4) is 0 Å². The molecule has 1 aliphatic rings. The van der Waals surface area contributed by atoms with E-state index in [1.807, 2.05) is 0 Å². The van der Waals surface area contributed by atoms with Crippen molar-refractivity contribution in [2.24, 2.45) is 5.41 Å². The van der Waals surface area contributed by atoms with Gasteiger partial charge >= 0.3 is 0 Å². The Labute approximate surface area is 84.9 Å². The van der Waals surface area contributed by atoms with Gasteiger partial charge in [-0.3, -0.25) is 4.79 Å². The van der Waals surface area contributed by atoms with E-state index in [0.29, 0.717) is 0 Å². The number of halogens is 4. The standard InChI is InChI=1S/C6H6Cl4O/c1-4(2)5(8,3(7)11)6(4,9)10/h1-2H3. The number of carbonyl (C=O) groups is 1. The van der Waals surface area contributed by atoms with E-state index in [1.165, 1.54) is 0 Å². The summed E-state index contributed by atoms with van der Waals surface area (Å²) in [5.41, 5.74) is -0.663. The number of alkyl halides is 3. The SMILES string of the molecule is CC1(C)C(Cl)(Cl)C1(Cl)C(=O)Cl. The second-order valence-electron chi connectivity index (χ2n) is 3.13. The van der Waals surface area contributed by atoms with Crippen molar-refractivity contribution in [1.29, 1.82) is 0 Å². The molecule has 0 aliphatic heterocycles. The lowest BCUT2D eigenvalue weighted by molar-refractivity contribution is -0.112. The van der Waals surface area contributed by atoms with Gasteiger partial charge in [-0.15, -0.1) is 11.6 Å². The van der Waals surface area contributed by atoms with Crippen molar-refractivity contribution in [3.05, 3.63) is 0 Å². The zero-order valence-electron chi connectivity index (χ0n) is 5.92. The highest BCUT2D eigenvalue weighted by Gasteiger charge is 2.85. The topological polar surface area (TPSA) is 17.1 Å². The number of rotatable bonds is 1. The summed E-state index contributed by atoms with van der Waals surface area (Å²) >= 11 is 22.6.